The summed E-state index contributed by atoms with van der Waals surface area (Å²) in [5, 5.41) is 15.1. The van der Waals surface area contributed by atoms with Crippen LogP contribution in [0.15, 0.2) is 12.4 Å². The molecule has 7 nitrogen and oxygen atoms in total. The highest BCUT2D eigenvalue weighted by atomic mass is 16.4. The van der Waals surface area contributed by atoms with Crippen molar-refractivity contribution in [3.8, 4) is 0 Å². The summed E-state index contributed by atoms with van der Waals surface area (Å²) in [6.45, 7) is 4.47. The molecular formula is C11H18N4O3. The SMILES string of the molecule is CC(C)CN(C)C(=O)Nc1cnn(CC(=O)O)c1. The molecule has 0 saturated carbocycles. The monoisotopic (exact) mass is 254 g/mol. The Kier molecular flexibility index (Phi) is 4.70. The van der Waals surface area contributed by atoms with E-state index in [1.807, 2.05) is 13.8 Å². The molecule has 2 amide bonds. The van der Waals surface area contributed by atoms with Crippen LogP contribution in [0.25, 0.3) is 0 Å². The number of anilines is 1. The van der Waals surface area contributed by atoms with Crippen LogP contribution in [0.3, 0.4) is 0 Å². The van der Waals surface area contributed by atoms with E-state index in [2.05, 4.69) is 10.4 Å². The van der Waals surface area contributed by atoms with Gasteiger partial charge in [-0.1, -0.05) is 13.8 Å². The highest BCUT2D eigenvalue weighted by molar-refractivity contribution is 5.88. The predicted octanol–water partition coefficient (Wildman–Crippen LogP) is 1.09. The van der Waals surface area contributed by atoms with E-state index >= 15 is 0 Å². The molecule has 0 fully saturated rings. The fourth-order valence-electron chi connectivity index (χ4n) is 1.50. The maximum absolute atomic E-state index is 11.7. The van der Waals surface area contributed by atoms with Gasteiger partial charge in [-0.25, -0.2) is 4.79 Å². The lowest BCUT2D eigenvalue weighted by Gasteiger charge is -2.19. The normalized spacial score (nSPS) is 10.4. The molecule has 0 aromatic carbocycles. The number of carboxylic acids is 1. The van der Waals surface area contributed by atoms with Gasteiger partial charge in [0.25, 0.3) is 0 Å². The number of carbonyl (C=O) groups is 2. The van der Waals surface area contributed by atoms with Crippen molar-refractivity contribution in [3.05, 3.63) is 12.4 Å². The Morgan fingerprint density at radius 3 is 2.78 bits per heavy atom. The molecule has 0 unspecified atom stereocenters. The van der Waals surface area contributed by atoms with Crippen molar-refractivity contribution in [3.63, 3.8) is 0 Å². The van der Waals surface area contributed by atoms with Crippen LogP contribution < -0.4 is 5.32 Å². The zero-order valence-corrected chi connectivity index (χ0v) is 10.8. The molecule has 1 aromatic heterocycles. The second-order valence-corrected chi connectivity index (χ2v) is 4.52. The highest BCUT2D eigenvalue weighted by Gasteiger charge is 2.11. The minimum atomic E-state index is -0.979. The first-order valence-electron chi connectivity index (χ1n) is 5.65. The van der Waals surface area contributed by atoms with Crippen molar-refractivity contribution in [2.45, 2.75) is 20.4 Å². The number of urea groups is 1. The summed E-state index contributed by atoms with van der Waals surface area (Å²) < 4.78 is 1.25. The van der Waals surface area contributed by atoms with Crippen LogP contribution in [0.2, 0.25) is 0 Å². The second kappa shape index (κ2) is 6.04. The number of rotatable bonds is 5. The summed E-state index contributed by atoms with van der Waals surface area (Å²) in [5.74, 6) is -0.594. The molecule has 1 rings (SSSR count). The van der Waals surface area contributed by atoms with Gasteiger partial charge in [0.05, 0.1) is 11.9 Å². The average Bonchev–Trinajstić information content (AvgIpc) is 2.63. The van der Waals surface area contributed by atoms with E-state index in [0.717, 1.165) is 0 Å². The molecule has 18 heavy (non-hydrogen) atoms. The van der Waals surface area contributed by atoms with Gasteiger partial charge >= 0.3 is 12.0 Å². The quantitative estimate of drug-likeness (QED) is 0.823. The van der Waals surface area contributed by atoms with E-state index in [1.165, 1.54) is 17.1 Å². The Morgan fingerprint density at radius 1 is 1.56 bits per heavy atom. The zero-order chi connectivity index (χ0) is 13.7. The second-order valence-electron chi connectivity index (χ2n) is 4.52. The Balaban J connectivity index is 2.54. The fourth-order valence-corrected chi connectivity index (χ4v) is 1.50. The number of hydrogen-bond donors (Lipinski definition) is 2. The minimum Gasteiger partial charge on any atom is -0.480 e. The Morgan fingerprint density at radius 2 is 2.22 bits per heavy atom. The maximum atomic E-state index is 11.7. The van der Waals surface area contributed by atoms with E-state index < -0.39 is 5.97 Å². The van der Waals surface area contributed by atoms with Crippen molar-refractivity contribution in [1.82, 2.24) is 14.7 Å². The average molecular weight is 254 g/mol. The van der Waals surface area contributed by atoms with E-state index in [0.29, 0.717) is 18.2 Å². The zero-order valence-electron chi connectivity index (χ0n) is 10.8. The molecule has 0 atom stereocenters. The molecule has 0 spiro atoms. The lowest BCUT2D eigenvalue weighted by Crippen LogP contribution is -2.34. The van der Waals surface area contributed by atoms with Crippen molar-refractivity contribution < 1.29 is 14.7 Å². The molecule has 0 aliphatic heterocycles. The van der Waals surface area contributed by atoms with Crippen molar-refractivity contribution in [2.24, 2.45) is 5.92 Å². The van der Waals surface area contributed by atoms with Crippen LogP contribution in [0, 0.1) is 5.92 Å². The van der Waals surface area contributed by atoms with Gasteiger partial charge in [0.15, 0.2) is 0 Å². The highest BCUT2D eigenvalue weighted by Crippen LogP contribution is 2.06. The largest absolute Gasteiger partial charge is 0.480 e. The van der Waals surface area contributed by atoms with E-state index in [1.54, 1.807) is 11.9 Å². The molecular weight excluding hydrogens is 236 g/mol. The summed E-state index contributed by atoms with van der Waals surface area (Å²) in [4.78, 5) is 23.8. The molecule has 1 aromatic rings. The predicted molar refractivity (Wildman–Crippen MR) is 66.3 cm³/mol. The first-order valence-corrected chi connectivity index (χ1v) is 5.65. The number of carbonyl (C=O) groups excluding carboxylic acids is 1. The van der Waals surface area contributed by atoms with Gasteiger partial charge in [-0.3, -0.25) is 9.48 Å². The minimum absolute atomic E-state index is 0.225. The van der Waals surface area contributed by atoms with Gasteiger partial charge in [-0.2, -0.15) is 5.10 Å². The van der Waals surface area contributed by atoms with Gasteiger partial charge in [0.1, 0.15) is 6.54 Å². The number of nitrogens with one attached hydrogen (secondary N) is 1. The van der Waals surface area contributed by atoms with Crippen LogP contribution in [-0.4, -0.2) is 45.4 Å². The molecule has 0 saturated heterocycles. The Hall–Kier alpha value is -2.05. The molecule has 100 valence electrons. The maximum Gasteiger partial charge on any atom is 0.325 e. The third kappa shape index (κ3) is 4.44. The molecule has 0 bridgehead atoms. The third-order valence-electron chi connectivity index (χ3n) is 2.17. The summed E-state index contributed by atoms with van der Waals surface area (Å²) in [6.07, 6.45) is 2.90. The number of carboxylic acid groups (broad SMARTS) is 1. The van der Waals surface area contributed by atoms with E-state index in [9.17, 15) is 9.59 Å². The third-order valence-corrected chi connectivity index (χ3v) is 2.17. The number of hydrogen-bond acceptors (Lipinski definition) is 3. The van der Waals surface area contributed by atoms with E-state index in [4.69, 9.17) is 5.11 Å². The summed E-state index contributed by atoms with van der Waals surface area (Å²) in [6, 6.07) is -0.237. The van der Waals surface area contributed by atoms with Gasteiger partial charge in [0, 0.05) is 19.8 Å². The van der Waals surface area contributed by atoms with Crippen molar-refractivity contribution >= 4 is 17.7 Å². The van der Waals surface area contributed by atoms with E-state index in [-0.39, 0.29) is 12.6 Å². The van der Waals surface area contributed by atoms with Crippen LogP contribution in [0.4, 0.5) is 10.5 Å². The molecule has 7 heteroatoms. The van der Waals surface area contributed by atoms with Gasteiger partial charge in [-0.05, 0) is 5.92 Å². The van der Waals surface area contributed by atoms with Crippen molar-refractivity contribution in [1.29, 1.82) is 0 Å². The summed E-state index contributed by atoms with van der Waals surface area (Å²) in [7, 11) is 1.71. The first kappa shape index (κ1) is 14.0. The van der Waals surface area contributed by atoms with Gasteiger partial charge in [-0.15, -0.1) is 0 Å². The van der Waals surface area contributed by atoms with Gasteiger partial charge < -0.3 is 15.3 Å². The number of nitrogens with zero attached hydrogens (tertiary/aromatic N) is 3. The van der Waals surface area contributed by atoms with Crippen LogP contribution in [0.5, 0.6) is 0 Å². The lowest BCUT2D eigenvalue weighted by molar-refractivity contribution is -0.137. The Bertz CT molecular complexity index is 428. The molecule has 0 aliphatic rings. The number of amides is 2. The smallest absolute Gasteiger partial charge is 0.325 e. The molecule has 0 aliphatic carbocycles. The van der Waals surface area contributed by atoms with Gasteiger partial charge in [0.2, 0.25) is 0 Å². The number of aliphatic carboxylic acids is 1. The van der Waals surface area contributed by atoms with Crippen LogP contribution in [0.1, 0.15) is 13.8 Å². The molecule has 1 heterocycles. The lowest BCUT2D eigenvalue weighted by atomic mass is 10.2. The molecule has 0 radical (unpaired) electrons. The topological polar surface area (TPSA) is 87.5 Å². The fraction of sp³-hybridized carbons (Fsp3) is 0.545. The van der Waals surface area contributed by atoms with Crippen LogP contribution in [-0.2, 0) is 11.3 Å². The standard InChI is InChI=1S/C11H18N4O3/c1-8(2)5-14(3)11(18)13-9-4-12-15(6-9)7-10(16)17/h4,6,8H,5,7H2,1-3H3,(H,13,18)(H,16,17). The number of aromatic nitrogens is 2. The first-order chi connectivity index (χ1) is 8.38. The summed E-state index contributed by atoms with van der Waals surface area (Å²) >= 11 is 0. The van der Waals surface area contributed by atoms with Crippen LogP contribution >= 0.6 is 0 Å². The summed E-state index contributed by atoms with van der Waals surface area (Å²) in [5.41, 5.74) is 0.483. The molecule has 2 N–H and O–H groups in total. The Labute approximate surface area is 105 Å². The van der Waals surface area contributed by atoms with Crippen molar-refractivity contribution in [2.75, 3.05) is 18.9 Å².